The maximum absolute atomic E-state index is 13.3. The summed E-state index contributed by atoms with van der Waals surface area (Å²) in [4.78, 5) is 42.7. The van der Waals surface area contributed by atoms with Crippen LogP contribution in [0.4, 0.5) is 4.79 Å². The van der Waals surface area contributed by atoms with Gasteiger partial charge in [0.25, 0.3) is 0 Å². The van der Waals surface area contributed by atoms with Gasteiger partial charge in [-0.1, -0.05) is 42.5 Å². The molecule has 1 unspecified atom stereocenters. The Bertz CT molecular complexity index is 1130. The van der Waals surface area contributed by atoms with E-state index in [4.69, 9.17) is 9.47 Å². The van der Waals surface area contributed by atoms with Crippen LogP contribution in [0.25, 0.3) is 10.2 Å². The van der Waals surface area contributed by atoms with Gasteiger partial charge < -0.3 is 20.1 Å². The number of alkyl carbamates (subject to hydrolysis) is 1. The number of nitrogens with zero attached hydrogens (tertiary/aromatic N) is 1. The number of ketones is 1. The molecule has 2 heterocycles. The summed E-state index contributed by atoms with van der Waals surface area (Å²) >= 11 is 1.34. The van der Waals surface area contributed by atoms with Crippen molar-refractivity contribution < 1.29 is 23.9 Å². The Balaban J connectivity index is 1.29. The molecule has 190 valence electrons. The van der Waals surface area contributed by atoms with Crippen LogP contribution in [0.5, 0.6) is 0 Å². The van der Waals surface area contributed by atoms with Crippen LogP contribution in [0.3, 0.4) is 0 Å². The smallest absolute Gasteiger partial charge is 0.407 e. The zero-order chi connectivity index (χ0) is 25.2. The highest BCUT2D eigenvalue weighted by molar-refractivity contribution is 7.20. The van der Waals surface area contributed by atoms with Crippen molar-refractivity contribution in [1.82, 2.24) is 15.6 Å². The Morgan fingerprint density at radius 1 is 1.03 bits per heavy atom. The van der Waals surface area contributed by atoms with E-state index >= 15 is 0 Å². The largest absolute Gasteiger partial charge is 0.445 e. The van der Waals surface area contributed by atoms with Crippen molar-refractivity contribution in [1.29, 1.82) is 0 Å². The number of amides is 2. The molecule has 1 fully saturated rings. The van der Waals surface area contributed by atoms with Gasteiger partial charge in [0, 0.05) is 25.7 Å². The number of fused-ring (bicyclic) bond motifs is 1. The maximum Gasteiger partial charge on any atom is 0.407 e. The van der Waals surface area contributed by atoms with Gasteiger partial charge in [-0.05, 0) is 49.8 Å². The Morgan fingerprint density at radius 3 is 2.56 bits per heavy atom. The minimum absolute atomic E-state index is 0.111. The van der Waals surface area contributed by atoms with Crippen LogP contribution in [0.2, 0.25) is 0 Å². The van der Waals surface area contributed by atoms with E-state index < -0.39 is 12.1 Å². The van der Waals surface area contributed by atoms with Crippen molar-refractivity contribution in [3.05, 3.63) is 65.2 Å². The lowest BCUT2D eigenvalue weighted by atomic mass is 9.97. The number of rotatable bonds is 11. The number of thiazole rings is 1. The summed E-state index contributed by atoms with van der Waals surface area (Å²) in [6.45, 7) is 1.74. The number of hydrogen-bond donors (Lipinski definition) is 2. The molecule has 2 aromatic carbocycles. The molecule has 0 radical (unpaired) electrons. The number of benzene rings is 2. The third-order valence-electron chi connectivity index (χ3n) is 6.13. The molecule has 4 rings (SSSR count). The second-order valence-electron chi connectivity index (χ2n) is 8.78. The number of carbonyl (C=O) groups is 3. The molecule has 0 bridgehead atoms. The number of para-hydroxylation sites is 1. The fraction of sp³-hybridized carbons (Fsp3) is 0.407. The van der Waals surface area contributed by atoms with Gasteiger partial charge in [0.1, 0.15) is 6.61 Å². The molecule has 1 atom stereocenters. The second kappa shape index (κ2) is 13.1. The van der Waals surface area contributed by atoms with E-state index in [1.54, 1.807) is 0 Å². The van der Waals surface area contributed by atoms with E-state index in [0.29, 0.717) is 56.9 Å². The molecule has 1 saturated heterocycles. The summed E-state index contributed by atoms with van der Waals surface area (Å²) in [5.74, 6) is -0.433. The summed E-state index contributed by atoms with van der Waals surface area (Å²) in [5.41, 5.74) is 1.70. The molecule has 2 amide bonds. The third-order valence-corrected chi connectivity index (χ3v) is 7.18. The first-order valence-electron chi connectivity index (χ1n) is 12.3. The molecule has 0 aliphatic carbocycles. The van der Waals surface area contributed by atoms with E-state index in [9.17, 15) is 14.4 Å². The van der Waals surface area contributed by atoms with E-state index in [-0.39, 0.29) is 24.2 Å². The molecule has 0 saturated carbocycles. The van der Waals surface area contributed by atoms with Gasteiger partial charge in [-0.15, -0.1) is 11.3 Å². The number of carbonyl (C=O) groups excluding carboxylic acids is 3. The van der Waals surface area contributed by atoms with Crippen LogP contribution in [0, 0.1) is 5.92 Å². The average Bonchev–Trinajstić information content (AvgIpc) is 3.36. The first-order chi connectivity index (χ1) is 17.6. The Hall–Kier alpha value is -3.30. The lowest BCUT2D eigenvalue weighted by Gasteiger charge is -2.24. The minimum atomic E-state index is -0.661. The van der Waals surface area contributed by atoms with Crippen LogP contribution >= 0.6 is 11.3 Å². The number of nitrogens with one attached hydrogen (secondary N) is 2. The monoisotopic (exact) mass is 509 g/mol. The topological polar surface area (TPSA) is 107 Å². The lowest BCUT2D eigenvalue weighted by Crippen LogP contribution is -2.45. The van der Waals surface area contributed by atoms with Gasteiger partial charge in [-0.2, -0.15) is 0 Å². The zero-order valence-corrected chi connectivity index (χ0v) is 20.9. The molecule has 36 heavy (non-hydrogen) atoms. The highest BCUT2D eigenvalue weighted by Crippen LogP contribution is 2.24. The predicted octanol–water partition coefficient (Wildman–Crippen LogP) is 4.49. The van der Waals surface area contributed by atoms with Crippen molar-refractivity contribution in [2.24, 2.45) is 5.92 Å². The van der Waals surface area contributed by atoms with Crippen LogP contribution < -0.4 is 10.6 Å². The summed E-state index contributed by atoms with van der Waals surface area (Å²) in [5, 5.41) is 6.12. The zero-order valence-electron chi connectivity index (χ0n) is 20.1. The Morgan fingerprint density at radius 2 is 1.78 bits per heavy atom. The summed E-state index contributed by atoms with van der Waals surface area (Å²) in [6.07, 6.45) is 2.59. The summed E-state index contributed by atoms with van der Waals surface area (Å²) in [7, 11) is 0. The third kappa shape index (κ3) is 7.35. The van der Waals surface area contributed by atoms with Gasteiger partial charge >= 0.3 is 6.09 Å². The second-order valence-corrected chi connectivity index (χ2v) is 9.81. The van der Waals surface area contributed by atoms with Crippen molar-refractivity contribution in [2.45, 2.75) is 44.8 Å². The quantitative estimate of drug-likeness (QED) is 0.291. The SMILES string of the molecule is O=C(NCCCCC(NC(=O)C1CCOCC1)C(=O)c1nc2ccccc2s1)OCc1ccccc1. The van der Waals surface area contributed by atoms with E-state index in [0.717, 1.165) is 15.8 Å². The molecule has 0 spiro atoms. The van der Waals surface area contributed by atoms with E-state index in [1.807, 2.05) is 54.6 Å². The molecular weight excluding hydrogens is 478 g/mol. The highest BCUT2D eigenvalue weighted by Gasteiger charge is 2.29. The highest BCUT2D eigenvalue weighted by atomic mass is 32.1. The number of aromatic nitrogens is 1. The predicted molar refractivity (Wildman–Crippen MR) is 138 cm³/mol. The molecule has 1 aromatic heterocycles. The lowest BCUT2D eigenvalue weighted by molar-refractivity contribution is -0.128. The first kappa shape index (κ1) is 25.8. The van der Waals surface area contributed by atoms with Crippen molar-refractivity contribution in [3.63, 3.8) is 0 Å². The van der Waals surface area contributed by atoms with Crippen molar-refractivity contribution >= 4 is 39.3 Å². The molecule has 1 aliphatic heterocycles. The fourth-order valence-corrected chi connectivity index (χ4v) is 5.04. The molecule has 8 nitrogen and oxygen atoms in total. The average molecular weight is 510 g/mol. The molecule has 1 aliphatic rings. The van der Waals surface area contributed by atoms with Gasteiger partial charge in [0.15, 0.2) is 5.01 Å². The van der Waals surface area contributed by atoms with E-state index in [1.165, 1.54) is 11.3 Å². The van der Waals surface area contributed by atoms with E-state index in [2.05, 4.69) is 15.6 Å². The molecule has 3 aromatic rings. The normalized spacial score (nSPS) is 14.8. The van der Waals surface area contributed by atoms with Crippen LogP contribution in [0.15, 0.2) is 54.6 Å². The Kier molecular flexibility index (Phi) is 9.40. The van der Waals surface area contributed by atoms with Gasteiger partial charge in [0.2, 0.25) is 11.7 Å². The van der Waals surface area contributed by atoms with Crippen molar-refractivity contribution in [3.8, 4) is 0 Å². The van der Waals surface area contributed by atoms with Crippen LogP contribution in [0.1, 0.15) is 47.5 Å². The summed E-state index contributed by atoms with van der Waals surface area (Å²) in [6, 6.07) is 16.4. The Labute approximate surface area is 214 Å². The fourth-order valence-electron chi connectivity index (χ4n) is 4.08. The molecule has 2 N–H and O–H groups in total. The maximum atomic E-state index is 13.3. The minimum Gasteiger partial charge on any atom is -0.445 e. The van der Waals surface area contributed by atoms with Crippen LogP contribution in [-0.4, -0.2) is 48.6 Å². The number of Topliss-reactive ketones (excluding diaryl/α,β-unsaturated/α-hetero) is 1. The molecule has 9 heteroatoms. The number of hydrogen-bond acceptors (Lipinski definition) is 7. The number of unbranched alkanes of at least 4 members (excludes halogenated alkanes) is 1. The van der Waals surface area contributed by atoms with Gasteiger partial charge in [0.05, 0.1) is 16.3 Å². The van der Waals surface area contributed by atoms with Crippen molar-refractivity contribution in [2.75, 3.05) is 19.8 Å². The number of ether oxygens (including phenoxy) is 2. The standard InChI is InChI=1S/C27H31N3O5S/c31-24(26-30-21-10-4-5-12-23(21)36-26)22(29-25(32)20-13-16-34-17-14-20)11-6-7-15-28-27(33)35-18-19-8-2-1-3-9-19/h1-5,8-10,12,20,22H,6-7,11,13-18H2,(H,28,33)(H,29,32). The van der Waals surface area contributed by atoms with Gasteiger partial charge in [-0.25, -0.2) is 9.78 Å². The first-order valence-corrected chi connectivity index (χ1v) is 13.1. The summed E-state index contributed by atoms with van der Waals surface area (Å²) < 4.78 is 11.5. The van der Waals surface area contributed by atoms with Crippen LogP contribution in [-0.2, 0) is 20.9 Å². The van der Waals surface area contributed by atoms with Gasteiger partial charge in [-0.3, -0.25) is 9.59 Å². The molecular formula is C27H31N3O5S.